The molecule has 1 rings (SSSR count). The largest absolute Gasteiger partial charge is 0.478 e. The van der Waals surface area contributed by atoms with Crippen LogP contribution in [0.2, 0.25) is 5.02 Å². The van der Waals surface area contributed by atoms with Crippen molar-refractivity contribution in [3.63, 3.8) is 0 Å². The highest BCUT2D eigenvalue weighted by molar-refractivity contribution is 6.52. The summed E-state index contributed by atoms with van der Waals surface area (Å²) in [5.74, 6) is -1.04. The highest BCUT2D eigenvalue weighted by Gasteiger charge is 2.06. The van der Waals surface area contributed by atoms with Crippen LogP contribution in [-0.4, -0.2) is 23.6 Å². The molecule has 0 unspecified atom stereocenters. The zero-order chi connectivity index (χ0) is 9.14. The Morgan fingerprint density at radius 3 is 2.58 bits per heavy atom. The monoisotopic (exact) mass is 183 g/mol. The van der Waals surface area contributed by atoms with E-state index in [4.69, 9.17) is 21.7 Å². The predicted octanol–water partition coefficient (Wildman–Crippen LogP) is 0.275. The maximum absolute atomic E-state index is 10.4. The zero-order valence-corrected chi connectivity index (χ0v) is 6.75. The van der Waals surface area contributed by atoms with E-state index in [1.54, 1.807) is 0 Å². The molecule has 1 aromatic rings. The molecule has 0 heterocycles. The van der Waals surface area contributed by atoms with Gasteiger partial charge in [0.15, 0.2) is 0 Å². The summed E-state index contributed by atoms with van der Waals surface area (Å²) in [6.07, 6.45) is 0. The molecule has 0 spiro atoms. The van der Waals surface area contributed by atoms with Crippen molar-refractivity contribution in [1.29, 1.82) is 0 Å². The van der Waals surface area contributed by atoms with E-state index in [0.29, 0.717) is 5.46 Å². The van der Waals surface area contributed by atoms with E-state index in [0.717, 1.165) is 7.48 Å². The normalized spacial score (nSPS) is 9.50. The number of aromatic carboxylic acids is 1. The van der Waals surface area contributed by atoms with E-state index in [2.05, 4.69) is 0 Å². The number of hydrogen-bond acceptors (Lipinski definition) is 2. The molecular weight excluding hydrogens is 178 g/mol. The molecule has 3 nitrogen and oxygen atoms in total. The summed E-state index contributed by atoms with van der Waals surface area (Å²) in [5.41, 5.74) is 0.507. The lowest BCUT2D eigenvalue weighted by Gasteiger charge is -1.99. The van der Waals surface area contributed by atoms with Gasteiger partial charge in [-0.2, -0.15) is 0 Å². The molecule has 0 aliphatic heterocycles. The fourth-order valence-electron chi connectivity index (χ4n) is 0.765. The minimum absolute atomic E-state index is 0.102. The van der Waals surface area contributed by atoms with Crippen LogP contribution in [-0.2, 0) is 0 Å². The number of benzene rings is 1. The molecule has 61 valence electrons. The fourth-order valence-corrected chi connectivity index (χ4v) is 0.994. The van der Waals surface area contributed by atoms with Crippen LogP contribution < -0.4 is 5.46 Å². The molecule has 0 saturated carbocycles. The van der Waals surface area contributed by atoms with E-state index >= 15 is 0 Å². The number of halogens is 1. The Morgan fingerprint density at radius 1 is 1.50 bits per heavy atom. The average molecular weight is 183 g/mol. The number of carboxylic acids is 1. The standard InChI is InChI=1S/C7H5BClO3/c9-6-3-4(7(10)11)1-2-5(6)8-12/h1-3,12H,(H,10,11). The second-order valence-electron chi connectivity index (χ2n) is 2.17. The number of rotatable bonds is 2. The Balaban J connectivity index is 3.10. The van der Waals surface area contributed by atoms with Gasteiger partial charge in [0.2, 0.25) is 0 Å². The third kappa shape index (κ3) is 1.78. The van der Waals surface area contributed by atoms with Gasteiger partial charge in [0, 0.05) is 5.02 Å². The van der Waals surface area contributed by atoms with Crippen molar-refractivity contribution >= 4 is 30.5 Å². The minimum Gasteiger partial charge on any atom is -0.478 e. The van der Waals surface area contributed by atoms with Crippen molar-refractivity contribution in [3.05, 3.63) is 28.8 Å². The Kier molecular flexibility index (Phi) is 2.73. The molecule has 0 fully saturated rings. The lowest BCUT2D eigenvalue weighted by molar-refractivity contribution is 0.0697. The van der Waals surface area contributed by atoms with Gasteiger partial charge in [-0.25, -0.2) is 4.79 Å². The van der Waals surface area contributed by atoms with Gasteiger partial charge in [0.25, 0.3) is 0 Å². The van der Waals surface area contributed by atoms with Crippen LogP contribution in [0.3, 0.4) is 0 Å². The first-order valence-corrected chi connectivity index (χ1v) is 3.53. The van der Waals surface area contributed by atoms with Crippen LogP contribution in [0, 0.1) is 0 Å². The first-order valence-electron chi connectivity index (χ1n) is 3.15. The molecule has 0 atom stereocenters. The van der Waals surface area contributed by atoms with Crippen LogP contribution in [0.5, 0.6) is 0 Å². The third-order valence-electron chi connectivity index (χ3n) is 1.39. The molecule has 0 aliphatic carbocycles. The van der Waals surface area contributed by atoms with Crippen LogP contribution in [0.15, 0.2) is 18.2 Å². The minimum atomic E-state index is -1.04. The van der Waals surface area contributed by atoms with Gasteiger partial charge in [0.1, 0.15) is 0 Å². The van der Waals surface area contributed by atoms with E-state index < -0.39 is 5.97 Å². The van der Waals surface area contributed by atoms with Crippen molar-refractivity contribution in [2.45, 2.75) is 0 Å². The summed E-state index contributed by atoms with van der Waals surface area (Å²) < 4.78 is 0. The SMILES string of the molecule is O=C(O)c1ccc([B]O)c(Cl)c1. The molecule has 0 saturated heterocycles. The van der Waals surface area contributed by atoms with Gasteiger partial charge >= 0.3 is 13.5 Å². The maximum Gasteiger partial charge on any atom is 0.335 e. The summed E-state index contributed by atoms with van der Waals surface area (Å²) in [6, 6.07) is 4.09. The van der Waals surface area contributed by atoms with Crippen molar-refractivity contribution in [2.24, 2.45) is 0 Å². The smallest absolute Gasteiger partial charge is 0.335 e. The molecular formula is C7H5BClO3. The van der Waals surface area contributed by atoms with E-state index in [-0.39, 0.29) is 10.6 Å². The van der Waals surface area contributed by atoms with Gasteiger partial charge in [-0.05, 0) is 17.6 Å². The molecule has 2 N–H and O–H groups in total. The molecule has 5 heteroatoms. The number of hydrogen-bond donors (Lipinski definition) is 2. The average Bonchev–Trinajstić information content (AvgIpc) is 2.04. The molecule has 0 aromatic heterocycles. The zero-order valence-electron chi connectivity index (χ0n) is 5.99. The first kappa shape index (κ1) is 9.10. The van der Waals surface area contributed by atoms with Crippen LogP contribution in [0.1, 0.15) is 10.4 Å². The van der Waals surface area contributed by atoms with Gasteiger partial charge in [-0.15, -0.1) is 0 Å². The quantitative estimate of drug-likeness (QED) is 0.647. The van der Waals surface area contributed by atoms with E-state index in [1.165, 1.54) is 18.2 Å². The summed E-state index contributed by atoms with van der Waals surface area (Å²) in [5, 5.41) is 17.4. The van der Waals surface area contributed by atoms with E-state index in [1.807, 2.05) is 0 Å². The Bertz CT molecular complexity index is 314. The maximum atomic E-state index is 10.4. The van der Waals surface area contributed by atoms with Gasteiger partial charge in [0.05, 0.1) is 5.56 Å². The van der Waals surface area contributed by atoms with Crippen molar-refractivity contribution in [3.8, 4) is 0 Å². The molecule has 12 heavy (non-hydrogen) atoms. The Hall–Kier alpha value is -0.995. The predicted molar refractivity (Wildman–Crippen MR) is 46.0 cm³/mol. The van der Waals surface area contributed by atoms with Crippen LogP contribution >= 0.6 is 11.6 Å². The molecule has 0 amide bonds. The van der Waals surface area contributed by atoms with Crippen molar-refractivity contribution in [1.82, 2.24) is 0 Å². The Morgan fingerprint density at radius 2 is 2.17 bits per heavy atom. The van der Waals surface area contributed by atoms with Crippen molar-refractivity contribution < 1.29 is 14.9 Å². The third-order valence-corrected chi connectivity index (χ3v) is 1.71. The van der Waals surface area contributed by atoms with Crippen LogP contribution in [0.4, 0.5) is 0 Å². The molecule has 0 bridgehead atoms. The summed E-state index contributed by atoms with van der Waals surface area (Å²) in [7, 11) is 0.827. The topological polar surface area (TPSA) is 57.5 Å². The van der Waals surface area contributed by atoms with E-state index in [9.17, 15) is 4.79 Å². The Labute approximate surface area is 74.9 Å². The number of carboxylic acid groups (broad SMARTS) is 1. The summed E-state index contributed by atoms with van der Waals surface area (Å²) in [4.78, 5) is 10.4. The molecule has 1 radical (unpaired) electrons. The van der Waals surface area contributed by atoms with Gasteiger partial charge in [-0.1, -0.05) is 17.7 Å². The molecule has 0 aliphatic rings. The number of carbonyl (C=O) groups is 1. The lowest BCUT2D eigenvalue weighted by atomic mass is 9.88. The summed E-state index contributed by atoms with van der Waals surface area (Å²) >= 11 is 5.62. The fraction of sp³-hybridized carbons (Fsp3) is 0. The molecule has 1 aromatic carbocycles. The van der Waals surface area contributed by atoms with Crippen LogP contribution in [0.25, 0.3) is 0 Å². The summed E-state index contributed by atoms with van der Waals surface area (Å²) in [6.45, 7) is 0. The van der Waals surface area contributed by atoms with Gasteiger partial charge < -0.3 is 10.1 Å². The highest BCUT2D eigenvalue weighted by atomic mass is 35.5. The lowest BCUT2D eigenvalue weighted by Crippen LogP contribution is -2.15. The second kappa shape index (κ2) is 3.60. The van der Waals surface area contributed by atoms with Crippen molar-refractivity contribution in [2.75, 3.05) is 0 Å². The van der Waals surface area contributed by atoms with Gasteiger partial charge in [-0.3, -0.25) is 0 Å². The second-order valence-corrected chi connectivity index (χ2v) is 2.58. The first-order chi connectivity index (χ1) is 5.65. The highest BCUT2D eigenvalue weighted by Crippen LogP contribution is 2.07.